The van der Waals surface area contributed by atoms with E-state index in [9.17, 15) is 0 Å². The van der Waals surface area contributed by atoms with Gasteiger partial charge in [0, 0.05) is 10.6 Å². The lowest BCUT2D eigenvalue weighted by molar-refractivity contribution is 1.10. The Balaban J connectivity index is 1.73. The second kappa shape index (κ2) is 4.00. The molecule has 0 aliphatic carbocycles. The highest BCUT2D eigenvalue weighted by Gasteiger charge is 2.24. The first-order chi connectivity index (χ1) is 8.90. The van der Waals surface area contributed by atoms with Crippen molar-refractivity contribution >= 4 is 39.0 Å². The van der Waals surface area contributed by atoms with Crippen LogP contribution >= 0.6 is 23.1 Å². The Morgan fingerprint density at radius 3 is 2.72 bits per heavy atom. The minimum Gasteiger partial charge on any atom is -0.366 e. The molecule has 0 fully saturated rings. The molecule has 0 saturated carbocycles. The molecule has 0 amide bonds. The van der Waals surface area contributed by atoms with Crippen molar-refractivity contribution in [2.45, 2.75) is 10.3 Å². The van der Waals surface area contributed by atoms with Crippen LogP contribution in [0.3, 0.4) is 0 Å². The second-order valence-electron chi connectivity index (χ2n) is 4.16. The molecule has 4 heteroatoms. The summed E-state index contributed by atoms with van der Waals surface area (Å²) < 4.78 is 1.26. The zero-order chi connectivity index (χ0) is 11.9. The van der Waals surface area contributed by atoms with Crippen LogP contribution in [0.4, 0.5) is 5.69 Å². The lowest BCUT2D eigenvalue weighted by Gasteiger charge is -2.05. The molecule has 0 saturated heterocycles. The summed E-state index contributed by atoms with van der Waals surface area (Å²) in [4.78, 5) is 6.02. The topological polar surface area (TPSA) is 24.9 Å². The molecule has 2 heterocycles. The molecule has 2 nitrogen and oxygen atoms in total. The molecule has 1 aliphatic heterocycles. The number of para-hydroxylation sites is 2. The highest BCUT2D eigenvalue weighted by molar-refractivity contribution is 8.00. The van der Waals surface area contributed by atoms with Crippen LogP contribution in [0.25, 0.3) is 10.2 Å². The number of thiazole rings is 1. The van der Waals surface area contributed by atoms with Crippen molar-refractivity contribution in [3.8, 4) is 0 Å². The van der Waals surface area contributed by atoms with Gasteiger partial charge in [-0.1, -0.05) is 36.0 Å². The van der Waals surface area contributed by atoms with Crippen LogP contribution in [-0.2, 0) is 0 Å². The predicted molar refractivity (Wildman–Crippen MR) is 78.3 cm³/mol. The summed E-state index contributed by atoms with van der Waals surface area (Å²) in [6.45, 7) is 0. The Bertz CT molecular complexity index is 662. The summed E-state index contributed by atoms with van der Waals surface area (Å²) in [5.74, 6) is 0. The van der Waals surface area contributed by atoms with Gasteiger partial charge < -0.3 is 5.32 Å². The number of thioether (sulfide) groups is 1. The first-order valence-electron chi connectivity index (χ1n) is 5.78. The van der Waals surface area contributed by atoms with Gasteiger partial charge in [-0.2, -0.15) is 0 Å². The van der Waals surface area contributed by atoms with Crippen LogP contribution in [0, 0.1) is 0 Å². The van der Waals surface area contributed by atoms with Crippen LogP contribution in [0.15, 0.2) is 53.4 Å². The van der Waals surface area contributed by atoms with E-state index >= 15 is 0 Å². The fourth-order valence-electron chi connectivity index (χ4n) is 2.10. The first kappa shape index (κ1) is 10.4. The predicted octanol–water partition coefficient (Wildman–Crippen LogP) is 4.51. The minimum absolute atomic E-state index is 0.250. The van der Waals surface area contributed by atoms with Gasteiger partial charge >= 0.3 is 0 Å². The fraction of sp³-hybridized carbons (Fsp3) is 0.0714. The van der Waals surface area contributed by atoms with Gasteiger partial charge in [-0.05, 0) is 24.3 Å². The number of anilines is 1. The van der Waals surface area contributed by atoms with Crippen molar-refractivity contribution in [1.29, 1.82) is 0 Å². The molecule has 0 radical (unpaired) electrons. The Morgan fingerprint density at radius 2 is 1.83 bits per heavy atom. The summed E-state index contributed by atoms with van der Waals surface area (Å²) in [6.07, 6.45) is 0. The molecule has 4 rings (SSSR count). The number of rotatable bonds is 1. The van der Waals surface area contributed by atoms with Gasteiger partial charge in [0.15, 0.2) is 0 Å². The smallest absolute Gasteiger partial charge is 0.130 e. The molecule has 88 valence electrons. The highest BCUT2D eigenvalue weighted by atomic mass is 32.2. The summed E-state index contributed by atoms with van der Waals surface area (Å²) in [7, 11) is 0. The van der Waals surface area contributed by atoms with Gasteiger partial charge in [-0.3, -0.25) is 0 Å². The summed E-state index contributed by atoms with van der Waals surface area (Å²) in [6, 6.07) is 16.7. The molecule has 18 heavy (non-hydrogen) atoms. The number of nitrogens with one attached hydrogen (secondary N) is 1. The first-order valence-corrected chi connectivity index (χ1v) is 7.47. The molecule has 3 aromatic rings. The highest BCUT2D eigenvalue weighted by Crippen LogP contribution is 2.47. The molecule has 1 atom stereocenters. The largest absolute Gasteiger partial charge is 0.366 e. The van der Waals surface area contributed by atoms with Crippen molar-refractivity contribution in [1.82, 2.24) is 4.98 Å². The van der Waals surface area contributed by atoms with E-state index in [-0.39, 0.29) is 5.37 Å². The lowest BCUT2D eigenvalue weighted by atomic mass is 10.3. The van der Waals surface area contributed by atoms with Crippen LogP contribution in [0.1, 0.15) is 10.4 Å². The zero-order valence-corrected chi connectivity index (χ0v) is 11.1. The van der Waals surface area contributed by atoms with E-state index in [1.807, 2.05) is 17.8 Å². The number of hydrogen-bond acceptors (Lipinski definition) is 4. The monoisotopic (exact) mass is 270 g/mol. The Kier molecular flexibility index (Phi) is 2.31. The third-order valence-corrected chi connectivity index (χ3v) is 5.39. The Hall–Kier alpha value is -1.52. The molecular formula is C14H10N2S2. The summed E-state index contributed by atoms with van der Waals surface area (Å²) in [5.41, 5.74) is 2.31. The van der Waals surface area contributed by atoms with Gasteiger partial charge in [0.25, 0.3) is 0 Å². The fourth-order valence-corrected chi connectivity index (χ4v) is 4.29. The zero-order valence-electron chi connectivity index (χ0n) is 9.46. The van der Waals surface area contributed by atoms with Gasteiger partial charge in [0.2, 0.25) is 0 Å². The van der Waals surface area contributed by atoms with Gasteiger partial charge in [0.05, 0.1) is 10.2 Å². The van der Waals surface area contributed by atoms with Gasteiger partial charge in [0.1, 0.15) is 10.4 Å². The van der Waals surface area contributed by atoms with E-state index in [0.29, 0.717) is 0 Å². The molecular weight excluding hydrogens is 260 g/mol. The SMILES string of the molecule is c1ccc2c(c1)N[C@@H](c1nc3ccccc3s1)S2. The van der Waals surface area contributed by atoms with Crippen molar-refractivity contribution < 1.29 is 0 Å². The molecule has 2 aromatic carbocycles. The maximum Gasteiger partial charge on any atom is 0.130 e. The number of aromatic nitrogens is 1. The van der Waals surface area contributed by atoms with Crippen LogP contribution in [0.5, 0.6) is 0 Å². The normalized spacial score (nSPS) is 17.7. The van der Waals surface area contributed by atoms with Crippen molar-refractivity contribution in [2.75, 3.05) is 5.32 Å². The number of fused-ring (bicyclic) bond motifs is 2. The third kappa shape index (κ3) is 1.61. The number of nitrogens with zero attached hydrogens (tertiary/aromatic N) is 1. The summed E-state index contributed by atoms with van der Waals surface area (Å²) in [5, 5.41) is 4.92. The molecule has 1 aliphatic rings. The van der Waals surface area contributed by atoms with E-state index in [0.717, 1.165) is 10.5 Å². The molecule has 0 spiro atoms. The van der Waals surface area contributed by atoms with E-state index in [1.54, 1.807) is 11.3 Å². The number of benzene rings is 2. The standard InChI is InChI=1S/C14H10N2S2/c1-3-7-11-9(5-1)15-13(17-11)14-16-10-6-2-4-8-12(10)18-14/h1-8,13,15H/t13-/m1/s1. The second-order valence-corrected chi connectivity index (χ2v) is 6.37. The van der Waals surface area contributed by atoms with Crippen LogP contribution in [0.2, 0.25) is 0 Å². The van der Waals surface area contributed by atoms with Crippen molar-refractivity contribution in [3.05, 3.63) is 53.5 Å². The van der Waals surface area contributed by atoms with E-state index < -0.39 is 0 Å². The molecule has 0 unspecified atom stereocenters. The van der Waals surface area contributed by atoms with E-state index in [2.05, 4.69) is 47.8 Å². The van der Waals surface area contributed by atoms with Crippen molar-refractivity contribution in [2.24, 2.45) is 0 Å². The Morgan fingerprint density at radius 1 is 1.00 bits per heavy atom. The average Bonchev–Trinajstić information content (AvgIpc) is 3.02. The quantitative estimate of drug-likeness (QED) is 0.704. The third-order valence-electron chi connectivity index (χ3n) is 2.95. The lowest BCUT2D eigenvalue weighted by Crippen LogP contribution is -1.99. The average molecular weight is 270 g/mol. The minimum atomic E-state index is 0.250. The van der Waals surface area contributed by atoms with Gasteiger partial charge in [-0.25, -0.2) is 4.98 Å². The molecule has 1 N–H and O–H groups in total. The van der Waals surface area contributed by atoms with Gasteiger partial charge in [-0.15, -0.1) is 11.3 Å². The summed E-state index contributed by atoms with van der Waals surface area (Å²) >= 11 is 3.61. The van der Waals surface area contributed by atoms with Crippen LogP contribution in [-0.4, -0.2) is 4.98 Å². The van der Waals surface area contributed by atoms with E-state index in [4.69, 9.17) is 4.98 Å². The molecule has 1 aromatic heterocycles. The maximum absolute atomic E-state index is 4.71. The maximum atomic E-state index is 4.71. The number of hydrogen-bond donors (Lipinski definition) is 1. The van der Waals surface area contributed by atoms with Crippen molar-refractivity contribution in [3.63, 3.8) is 0 Å². The van der Waals surface area contributed by atoms with Crippen LogP contribution < -0.4 is 5.32 Å². The molecule has 0 bridgehead atoms. The Labute approximate surface area is 113 Å². The van der Waals surface area contributed by atoms with E-state index in [1.165, 1.54) is 15.3 Å².